The number of hydrogen-bond donors (Lipinski definition) is 0. The van der Waals surface area contributed by atoms with E-state index in [4.69, 9.17) is 14.2 Å². The Morgan fingerprint density at radius 1 is 0.344 bits per heavy atom. The molecule has 0 unspecified atom stereocenters. The molecule has 0 heterocycles. The van der Waals surface area contributed by atoms with Crippen LogP contribution in [-0.2, 0) is 28.6 Å². The molecule has 61 heavy (non-hydrogen) atoms. The molecule has 0 aromatic carbocycles. The zero-order valence-corrected chi connectivity index (χ0v) is 39.4. The minimum Gasteiger partial charge on any atom is -0.462 e. The van der Waals surface area contributed by atoms with Crippen LogP contribution in [0.25, 0.3) is 0 Å². The molecular formula is C55H90O6. The summed E-state index contributed by atoms with van der Waals surface area (Å²) in [6, 6.07) is 0. The molecule has 0 rings (SSSR count). The Kier molecular flexibility index (Phi) is 46.0. The monoisotopic (exact) mass is 847 g/mol. The van der Waals surface area contributed by atoms with Crippen molar-refractivity contribution in [2.75, 3.05) is 13.2 Å². The lowest BCUT2D eigenvalue weighted by atomic mass is 10.1. The van der Waals surface area contributed by atoms with E-state index in [9.17, 15) is 14.4 Å². The largest absolute Gasteiger partial charge is 0.462 e. The number of allylic oxidation sites excluding steroid dienone is 16. The van der Waals surface area contributed by atoms with Gasteiger partial charge in [-0.3, -0.25) is 14.4 Å². The van der Waals surface area contributed by atoms with Gasteiger partial charge in [0.15, 0.2) is 6.10 Å². The molecule has 0 amide bonds. The van der Waals surface area contributed by atoms with Gasteiger partial charge in [0.2, 0.25) is 0 Å². The maximum Gasteiger partial charge on any atom is 0.306 e. The third-order valence-electron chi connectivity index (χ3n) is 10.0. The molecule has 6 heteroatoms. The Hall–Kier alpha value is -3.67. The van der Waals surface area contributed by atoms with Crippen molar-refractivity contribution in [3.8, 4) is 0 Å². The molecule has 0 bridgehead atoms. The van der Waals surface area contributed by atoms with Gasteiger partial charge in [-0.05, 0) is 109 Å². The summed E-state index contributed by atoms with van der Waals surface area (Å²) in [6.45, 7) is 6.37. The summed E-state index contributed by atoms with van der Waals surface area (Å²) in [4.78, 5) is 37.9. The van der Waals surface area contributed by atoms with Gasteiger partial charge in [0.25, 0.3) is 0 Å². The van der Waals surface area contributed by atoms with Gasteiger partial charge in [-0.2, -0.15) is 0 Å². The Morgan fingerprint density at radius 2 is 0.672 bits per heavy atom. The first-order valence-corrected chi connectivity index (χ1v) is 24.7. The van der Waals surface area contributed by atoms with E-state index in [1.807, 2.05) is 0 Å². The molecule has 0 N–H and O–H groups in total. The average Bonchev–Trinajstić information content (AvgIpc) is 3.26. The molecule has 0 aliphatic rings. The molecule has 0 aliphatic heterocycles. The Balaban J connectivity index is 4.52. The van der Waals surface area contributed by atoms with Crippen LogP contribution in [0.2, 0.25) is 0 Å². The first-order valence-electron chi connectivity index (χ1n) is 24.7. The smallest absolute Gasteiger partial charge is 0.306 e. The Labute approximate surface area is 375 Å². The van der Waals surface area contributed by atoms with Gasteiger partial charge >= 0.3 is 17.9 Å². The number of carbonyl (C=O) groups excluding carboxylic acids is 3. The number of hydrogen-bond acceptors (Lipinski definition) is 6. The van der Waals surface area contributed by atoms with Crippen molar-refractivity contribution in [3.05, 3.63) is 97.2 Å². The summed E-state index contributed by atoms with van der Waals surface area (Å²) in [7, 11) is 0. The van der Waals surface area contributed by atoms with Crippen molar-refractivity contribution in [2.45, 2.75) is 219 Å². The number of unbranched alkanes of at least 4 members (excludes halogenated alkanes) is 16. The fourth-order valence-corrected chi connectivity index (χ4v) is 6.31. The molecule has 0 aromatic rings. The number of carbonyl (C=O) groups is 3. The van der Waals surface area contributed by atoms with Gasteiger partial charge in [0.05, 0.1) is 0 Å². The van der Waals surface area contributed by atoms with E-state index in [1.165, 1.54) is 51.4 Å². The molecule has 0 saturated heterocycles. The van der Waals surface area contributed by atoms with Gasteiger partial charge in [-0.15, -0.1) is 0 Å². The van der Waals surface area contributed by atoms with E-state index in [1.54, 1.807) is 0 Å². The van der Waals surface area contributed by atoms with Gasteiger partial charge in [-0.25, -0.2) is 0 Å². The minimum atomic E-state index is -0.811. The fraction of sp³-hybridized carbons (Fsp3) is 0.655. The summed E-state index contributed by atoms with van der Waals surface area (Å²) in [6.07, 6.45) is 63.9. The highest BCUT2D eigenvalue weighted by atomic mass is 16.6. The molecule has 0 radical (unpaired) electrons. The molecule has 0 fully saturated rings. The molecule has 6 nitrogen and oxygen atoms in total. The normalized spacial score (nSPS) is 12.9. The van der Waals surface area contributed by atoms with Crippen LogP contribution >= 0.6 is 0 Å². The molecule has 0 spiro atoms. The highest BCUT2D eigenvalue weighted by Crippen LogP contribution is 2.12. The van der Waals surface area contributed by atoms with Gasteiger partial charge in [0, 0.05) is 19.3 Å². The van der Waals surface area contributed by atoms with E-state index >= 15 is 0 Å². The molecular weight excluding hydrogens is 757 g/mol. The maximum absolute atomic E-state index is 12.8. The quantitative estimate of drug-likeness (QED) is 0.0263. The fourth-order valence-electron chi connectivity index (χ4n) is 6.31. The second-order valence-corrected chi connectivity index (χ2v) is 16.0. The SMILES string of the molecule is CC/C=C\C/C=C\C/C=C\CCCCCCCC(=O)O[C@H](COC(=O)CCC/C=C\C/C=C\C/C=C\C/C=C\CCCCC)COC(=O)CCCCCCC/C=C\CCCC. The summed E-state index contributed by atoms with van der Waals surface area (Å²) < 4.78 is 16.7. The van der Waals surface area contributed by atoms with Crippen molar-refractivity contribution >= 4 is 17.9 Å². The van der Waals surface area contributed by atoms with Crippen LogP contribution in [0.1, 0.15) is 213 Å². The third-order valence-corrected chi connectivity index (χ3v) is 10.0. The topological polar surface area (TPSA) is 78.9 Å². The van der Waals surface area contributed by atoms with Crippen molar-refractivity contribution in [2.24, 2.45) is 0 Å². The second kappa shape index (κ2) is 49.0. The van der Waals surface area contributed by atoms with Crippen LogP contribution in [0.5, 0.6) is 0 Å². The molecule has 0 aromatic heterocycles. The van der Waals surface area contributed by atoms with Crippen molar-refractivity contribution < 1.29 is 28.6 Å². The molecule has 0 saturated carbocycles. The van der Waals surface area contributed by atoms with Crippen molar-refractivity contribution in [1.29, 1.82) is 0 Å². The van der Waals surface area contributed by atoms with Gasteiger partial charge in [-0.1, -0.05) is 182 Å². The van der Waals surface area contributed by atoms with E-state index < -0.39 is 6.10 Å². The van der Waals surface area contributed by atoms with E-state index in [-0.39, 0.29) is 37.5 Å². The third kappa shape index (κ3) is 47.2. The van der Waals surface area contributed by atoms with Crippen LogP contribution in [0.3, 0.4) is 0 Å². The summed E-state index contributed by atoms with van der Waals surface area (Å²) >= 11 is 0. The predicted octanol–water partition coefficient (Wildman–Crippen LogP) is 16.2. The van der Waals surface area contributed by atoms with E-state index in [0.29, 0.717) is 19.3 Å². The molecule has 1 atom stereocenters. The molecule has 0 aliphatic carbocycles. The lowest BCUT2D eigenvalue weighted by molar-refractivity contribution is -0.167. The van der Waals surface area contributed by atoms with Crippen molar-refractivity contribution in [3.63, 3.8) is 0 Å². The standard InChI is InChI=1S/C55H90O6/c1-4-7-10-13-16-19-22-24-26-27-29-30-33-36-39-42-45-48-54(57)60-51-52(50-59-53(56)47-44-41-38-35-32-21-18-15-12-9-6-3)61-55(58)49-46-43-40-37-34-31-28-25-23-20-17-14-11-8-5-2/h8,11,15-20,24-26,28-30,36,39,52H,4-7,9-10,12-14,21-23,27,31-35,37-38,40-51H2,1-3H3/b11-8-,18-15-,19-16-,20-17-,26-24-,28-25-,30-29-,39-36-/t52-/m0/s1. The summed E-state index contributed by atoms with van der Waals surface area (Å²) in [5, 5.41) is 0. The number of ether oxygens (including phenoxy) is 3. The highest BCUT2D eigenvalue weighted by Gasteiger charge is 2.19. The first-order chi connectivity index (χ1) is 30.0. The van der Waals surface area contributed by atoms with Crippen LogP contribution in [-0.4, -0.2) is 37.2 Å². The minimum absolute atomic E-state index is 0.107. The van der Waals surface area contributed by atoms with E-state index in [2.05, 4.69) is 118 Å². The van der Waals surface area contributed by atoms with Crippen LogP contribution in [0.4, 0.5) is 0 Å². The van der Waals surface area contributed by atoms with Crippen LogP contribution < -0.4 is 0 Å². The number of esters is 3. The number of rotatable bonds is 43. The maximum atomic E-state index is 12.8. The van der Waals surface area contributed by atoms with Gasteiger partial charge in [0.1, 0.15) is 13.2 Å². The Bertz CT molecular complexity index is 1250. The zero-order valence-electron chi connectivity index (χ0n) is 39.4. The first kappa shape index (κ1) is 57.3. The van der Waals surface area contributed by atoms with Crippen molar-refractivity contribution in [1.82, 2.24) is 0 Å². The Morgan fingerprint density at radius 3 is 1.13 bits per heavy atom. The van der Waals surface area contributed by atoms with Crippen LogP contribution in [0, 0.1) is 0 Å². The summed E-state index contributed by atoms with van der Waals surface area (Å²) in [5.41, 5.74) is 0. The zero-order chi connectivity index (χ0) is 44.4. The second-order valence-electron chi connectivity index (χ2n) is 16.0. The lowest BCUT2D eigenvalue weighted by Crippen LogP contribution is -2.30. The van der Waals surface area contributed by atoms with E-state index in [0.717, 1.165) is 116 Å². The predicted molar refractivity (Wildman–Crippen MR) is 260 cm³/mol. The molecule has 346 valence electrons. The average molecular weight is 847 g/mol. The lowest BCUT2D eigenvalue weighted by Gasteiger charge is -2.18. The highest BCUT2D eigenvalue weighted by molar-refractivity contribution is 5.71. The van der Waals surface area contributed by atoms with Gasteiger partial charge < -0.3 is 14.2 Å². The van der Waals surface area contributed by atoms with Crippen LogP contribution in [0.15, 0.2) is 97.2 Å². The summed E-state index contributed by atoms with van der Waals surface area (Å²) in [5.74, 6) is -0.999.